The first kappa shape index (κ1) is 23.5. The third-order valence-corrected chi connectivity index (χ3v) is 7.40. The van der Waals surface area contributed by atoms with Crippen molar-refractivity contribution in [3.8, 4) is 0 Å². The van der Waals surface area contributed by atoms with E-state index in [1.165, 1.54) is 0 Å². The fourth-order valence-corrected chi connectivity index (χ4v) is 5.63. The van der Waals surface area contributed by atoms with Crippen molar-refractivity contribution >= 4 is 44.6 Å². The quantitative estimate of drug-likeness (QED) is 0.383. The topological polar surface area (TPSA) is 74.7 Å². The van der Waals surface area contributed by atoms with E-state index in [-0.39, 0.29) is 12.3 Å². The van der Waals surface area contributed by atoms with E-state index in [4.69, 9.17) is 4.74 Å². The van der Waals surface area contributed by atoms with E-state index in [2.05, 4.69) is 65.4 Å². The number of aliphatic carboxylic acids is 1. The van der Waals surface area contributed by atoms with Crippen LogP contribution in [0.1, 0.15) is 56.0 Å². The molecule has 1 aliphatic heterocycles. The predicted octanol–water partition coefficient (Wildman–Crippen LogP) is 6.32. The number of thiazole rings is 1. The van der Waals surface area contributed by atoms with Gasteiger partial charge in [0, 0.05) is 31.5 Å². The summed E-state index contributed by atoms with van der Waals surface area (Å²) < 4.78 is 6.76. The minimum Gasteiger partial charge on any atom is -0.481 e. The summed E-state index contributed by atoms with van der Waals surface area (Å²) >= 11 is 1.69. The van der Waals surface area contributed by atoms with Crippen molar-refractivity contribution in [1.29, 1.82) is 0 Å². The van der Waals surface area contributed by atoms with Gasteiger partial charge in [-0.15, -0.1) is 11.3 Å². The van der Waals surface area contributed by atoms with Gasteiger partial charge in [-0.1, -0.05) is 13.0 Å². The minimum atomic E-state index is -0.760. The fraction of sp³-hybridized carbons (Fsp3) is 0.462. The summed E-state index contributed by atoms with van der Waals surface area (Å²) in [6.07, 6.45) is 2.95. The zero-order valence-electron chi connectivity index (χ0n) is 19.6. The van der Waals surface area contributed by atoms with Crippen LogP contribution in [0.15, 0.2) is 36.4 Å². The lowest BCUT2D eigenvalue weighted by Crippen LogP contribution is -2.39. The number of nitrogens with zero attached hydrogens (tertiary/aromatic N) is 2. The highest BCUT2D eigenvalue weighted by Crippen LogP contribution is 2.37. The Bertz CT molecular complexity index is 1110. The fourth-order valence-electron chi connectivity index (χ4n) is 4.76. The molecule has 0 bridgehead atoms. The van der Waals surface area contributed by atoms with Gasteiger partial charge in [0.1, 0.15) is 0 Å². The molecule has 1 unspecified atom stereocenters. The van der Waals surface area contributed by atoms with Crippen LogP contribution in [0.3, 0.4) is 0 Å². The summed E-state index contributed by atoms with van der Waals surface area (Å²) in [6, 6.07) is 13.1. The molecule has 0 saturated carbocycles. The summed E-state index contributed by atoms with van der Waals surface area (Å²) in [7, 11) is 0. The number of benzene rings is 2. The van der Waals surface area contributed by atoms with Crippen LogP contribution in [0.5, 0.6) is 0 Å². The van der Waals surface area contributed by atoms with Gasteiger partial charge in [-0.25, -0.2) is 4.98 Å². The molecule has 2 N–H and O–H groups in total. The summed E-state index contributed by atoms with van der Waals surface area (Å²) in [5.74, 6) is -0.772. The molecule has 1 aliphatic rings. The van der Waals surface area contributed by atoms with Crippen LogP contribution in [0.4, 0.5) is 17.1 Å². The molecule has 6 nitrogen and oxygen atoms in total. The van der Waals surface area contributed by atoms with Gasteiger partial charge in [0.2, 0.25) is 0 Å². The Morgan fingerprint density at radius 2 is 2.03 bits per heavy atom. The monoisotopic (exact) mass is 467 g/mol. The van der Waals surface area contributed by atoms with Crippen LogP contribution >= 0.6 is 11.3 Å². The Balaban J connectivity index is 1.73. The highest BCUT2D eigenvalue weighted by atomic mass is 32.1. The zero-order chi connectivity index (χ0) is 23.4. The molecule has 33 heavy (non-hydrogen) atoms. The minimum absolute atomic E-state index is 0.0121. The average Bonchev–Trinajstić information content (AvgIpc) is 3.18. The van der Waals surface area contributed by atoms with Crippen molar-refractivity contribution in [1.82, 2.24) is 4.98 Å². The van der Waals surface area contributed by atoms with E-state index < -0.39 is 5.97 Å². The Morgan fingerprint density at radius 1 is 1.24 bits per heavy atom. The zero-order valence-corrected chi connectivity index (χ0v) is 20.5. The highest BCUT2D eigenvalue weighted by molar-refractivity contribution is 7.18. The van der Waals surface area contributed by atoms with E-state index in [9.17, 15) is 9.90 Å². The van der Waals surface area contributed by atoms with Crippen LogP contribution in [0.2, 0.25) is 0 Å². The lowest BCUT2D eigenvalue weighted by atomic mass is 9.92. The van der Waals surface area contributed by atoms with Crippen LogP contribution in [-0.2, 0) is 9.53 Å². The summed E-state index contributed by atoms with van der Waals surface area (Å²) in [5.41, 5.74) is 5.26. The number of aryl methyl sites for hydroxylation is 1. The van der Waals surface area contributed by atoms with Crippen LogP contribution in [0, 0.1) is 6.92 Å². The Kier molecular flexibility index (Phi) is 7.50. The van der Waals surface area contributed by atoms with Crippen molar-refractivity contribution in [2.45, 2.75) is 58.4 Å². The van der Waals surface area contributed by atoms with Gasteiger partial charge in [0.25, 0.3) is 0 Å². The third-order valence-electron chi connectivity index (χ3n) is 6.46. The Labute approximate surface area is 199 Å². The second-order valence-electron chi connectivity index (χ2n) is 8.65. The smallest absolute Gasteiger partial charge is 0.303 e. The molecule has 1 fully saturated rings. The predicted molar refractivity (Wildman–Crippen MR) is 136 cm³/mol. The van der Waals surface area contributed by atoms with E-state index in [1.807, 2.05) is 6.92 Å². The van der Waals surface area contributed by atoms with Gasteiger partial charge in [0.15, 0.2) is 0 Å². The number of rotatable bonds is 9. The highest BCUT2D eigenvalue weighted by Gasteiger charge is 2.24. The molecule has 0 amide bonds. The van der Waals surface area contributed by atoms with Gasteiger partial charge in [-0.3, -0.25) is 4.79 Å². The molecule has 1 saturated heterocycles. The van der Waals surface area contributed by atoms with Crippen molar-refractivity contribution in [2.75, 3.05) is 30.0 Å². The standard InChI is InChI=1S/C26H33N3O3S/c1-4-18(15-26(30)31)19-6-9-24(29(5-2)21-10-12-32-13-11-21)23(14-19)28-20-7-8-22-25(16-20)33-17(3)27-22/h6-9,14,16,18,21,28H,4-5,10-13,15H2,1-3H3,(H,30,31). The lowest BCUT2D eigenvalue weighted by molar-refractivity contribution is -0.137. The average molecular weight is 468 g/mol. The van der Waals surface area contributed by atoms with Gasteiger partial charge < -0.3 is 20.1 Å². The van der Waals surface area contributed by atoms with Crippen molar-refractivity contribution in [3.63, 3.8) is 0 Å². The number of carbonyl (C=O) groups is 1. The van der Waals surface area contributed by atoms with Crippen molar-refractivity contribution in [2.24, 2.45) is 0 Å². The van der Waals surface area contributed by atoms with Crippen molar-refractivity contribution in [3.05, 3.63) is 47.0 Å². The van der Waals surface area contributed by atoms with Gasteiger partial charge in [-0.2, -0.15) is 0 Å². The molecule has 1 atom stereocenters. The SMILES string of the molecule is CCC(CC(=O)O)c1ccc(N(CC)C2CCOCC2)c(Nc2ccc3nc(C)sc3c2)c1. The maximum Gasteiger partial charge on any atom is 0.303 e. The Hall–Kier alpha value is -2.64. The van der Waals surface area contributed by atoms with Crippen LogP contribution in [0.25, 0.3) is 10.2 Å². The molecule has 7 heteroatoms. The molecule has 2 aromatic carbocycles. The largest absolute Gasteiger partial charge is 0.481 e. The number of anilines is 3. The maximum absolute atomic E-state index is 11.4. The first-order valence-corrected chi connectivity index (χ1v) is 12.6. The summed E-state index contributed by atoms with van der Waals surface area (Å²) in [6.45, 7) is 8.76. The van der Waals surface area contributed by atoms with Gasteiger partial charge in [-0.05, 0) is 74.9 Å². The molecule has 0 aliphatic carbocycles. The number of carboxylic acids is 1. The molecule has 0 spiro atoms. The van der Waals surface area contributed by atoms with Crippen LogP contribution < -0.4 is 10.2 Å². The molecule has 0 radical (unpaired) electrons. The number of nitrogens with one attached hydrogen (secondary N) is 1. The van der Waals surface area contributed by atoms with Gasteiger partial charge in [0.05, 0.1) is 33.0 Å². The summed E-state index contributed by atoms with van der Waals surface area (Å²) in [4.78, 5) is 18.5. The van der Waals surface area contributed by atoms with Crippen molar-refractivity contribution < 1.29 is 14.6 Å². The molecule has 1 aromatic heterocycles. The van der Waals surface area contributed by atoms with E-state index in [0.29, 0.717) is 6.04 Å². The normalized spacial score (nSPS) is 15.5. The van der Waals surface area contributed by atoms with Crippen LogP contribution in [-0.4, -0.2) is 41.9 Å². The number of ether oxygens (including phenoxy) is 1. The number of carboxylic acid groups (broad SMARTS) is 1. The second-order valence-corrected chi connectivity index (χ2v) is 9.88. The maximum atomic E-state index is 11.4. The lowest BCUT2D eigenvalue weighted by Gasteiger charge is -2.37. The molecular formula is C26H33N3O3S. The number of aromatic nitrogens is 1. The van der Waals surface area contributed by atoms with E-state index in [0.717, 1.165) is 76.9 Å². The van der Waals surface area contributed by atoms with E-state index in [1.54, 1.807) is 11.3 Å². The number of hydrogen-bond acceptors (Lipinski definition) is 6. The molecule has 4 rings (SSSR count). The number of fused-ring (bicyclic) bond motifs is 1. The molecule has 2 heterocycles. The number of hydrogen-bond donors (Lipinski definition) is 2. The first-order chi connectivity index (χ1) is 16.0. The first-order valence-electron chi connectivity index (χ1n) is 11.8. The second kappa shape index (κ2) is 10.5. The van der Waals surface area contributed by atoms with E-state index >= 15 is 0 Å². The molecule has 3 aromatic rings. The molecular weight excluding hydrogens is 434 g/mol. The van der Waals surface area contributed by atoms with Gasteiger partial charge >= 0.3 is 5.97 Å². The third kappa shape index (κ3) is 5.47. The summed E-state index contributed by atoms with van der Waals surface area (Å²) in [5, 5.41) is 14.1. The Morgan fingerprint density at radius 3 is 2.73 bits per heavy atom. The molecule has 176 valence electrons.